The zero-order valence-electron chi connectivity index (χ0n) is 16.1. The van der Waals surface area contributed by atoms with Crippen molar-refractivity contribution >= 4 is 23.8 Å². The largest absolute Gasteiger partial charge is 0.477 e. The van der Waals surface area contributed by atoms with Crippen LogP contribution in [0, 0.1) is 13.8 Å². The van der Waals surface area contributed by atoms with Crippen molar-refractivity contribution in [2.45, 2.75) is 26.9 Å². The molecule has 2 rings (SSSR count). The molecular formula is C18H22ClN3O5. The average Bonchev–Trinajstić information content (AvgIpc) is 2.88. The van der Waals surface area contributed by atoms with Gasteiger partial charge in [-0.1, -0.05) is 16.8 Å². The van der Waals surface area contributed by atoms with Crippen molar-refractivity contribution in [3.05, 3.63) is 34.0 Å². The molecule has 2 aromatic rings. The molecule has 1 aromatic carbocycles. The Morgan fingerprint density at radius 1 is 1.30 bits per heavy atom. The normalized spacial score (nSPS) is 12.1. The summed E-state index contributed by atoms with van der Waals surface area (Å²) in [6, 6.07) is 3.19. The second-order valence-electron chi connectivity index (χ2n) is 5.76. The highest BCUT2D eigenvalue weighted by Crippen LogP contribution is 2.36. The molecule has 0 aliphatic carbocycles. The van der Waals surface area contributed by atoms with Gasteiger partial charge in [0, 0.05) is 24.2 Å². The summed E-state index contributed by atoms with van der Waals surface area (Å²) in [4.78, 5) is 16.4. The minimum absolute atomic E-state index is 0.274. The molecule has 146 valence electrons. The van der Waals surface area contributed by atoms with Gasteiger partial charge in [-0.2, -0.15) is 5.10 Å². The molecule has 1 heterocycles. The number of aryl methyl sites for hydroxylation is 2. The van der Waals surface area contributed by atoms with Gasteiger partial charge in [0.05, 0.1) is 24.0 Å². The maximum Gasteiger partial charge on any atom is 0.346 e. The molecule has 0 fully saturated rings. The Morgan fingerprint density at radius 3 is 2.56 bits per heavy atom. The quantitative estimate of drug-likeness (QED) is 0.406. The number of carbonyl (C=O) groups is 1. The molecule has 0 spiro atoms. The molecule has 9 heteroatoms. The lowest BCUT2D eigenvalue weighted by atomic mass is 10.2. The molecule has 0 saturated carbocycles. The molecular weight excluding hydrogens is 374 g/mol. The van der Waals surface area contributed by atoms with Crippen molar-refractivity contribution in [1.82, 2.24) is 9.78 Å². The van der Waals surface area contributed by atoms with Gasteiger partial charge in [-0.3, -0.25) is 0 Å². The van der Waals surface area contributed by atoms with E-state index in [9.17, 15) is 4.79 Å². The first-order valence-electron chi connectivity index (χ1n) is 8.11. The van der Waals surface area contributed by atoms with E-state index >= 15 is 0 Å². The number of methoxy groups -OCH3 is 1. The molecule has 0 radical (unpaired) electrons. The van der Waals surface area contributed by atoms with E-state index in [1.54, 1.807) is 30.8 Å². The molecule has 0 unspecified atom stereocenters. The number of hydrogen-bond acceptors (Lipinski definition) is 7. The van der Waals surface area contributed by atoms with E-state index in [0.29, 0.717) is 17.2 Å². The molecule has 8 nitrogen and oxygen atoms in total. The first kappa shape index (κ1) is 20.6. The molecule has 0 saturated heterocycles. The molecule has 0 amide bonds. The number of hydrogen-bond donors (Lipinski definition) is 0. The van der Waals surface area contributed by atoms with E-state index in [2.05, 4.69) is 15.0 Å². The Hall–Kier alpha value is -2.74. The summed E-state index contributed by atoms with van der Waals surface area (Å²) in [5, 5.41) is 8.39. The Kier molecular flexibility index (Phi) is 6.68. The Morgan fingerprint density at radius 2 is 2.00 bits per heavy atom. The smallest absolute Gasteiger partial charge is 0.346 e. The fraction of sp³-hybridized carbons (Fsp3) is 0.389. The third-order valence-electron chi connectivity index (χ3n) is 3.86. The lowest BCUT2D eigenvalue weighted by Crippen LogP contribution is -2.25. The fourth-order valence-electron chi connectivity index (χ4n) is 2.33. The van der Waals surface area contributed by atoms with Gasteiger partial charge in [0.15, 0.2) is 6.10 Å². The number of oxime groups is 1. The molecule has 1 atom stereocenters. The van der Waals surface area contributed by atoms with Crippen molar-refractivity contribution in [3.8, 4) is 17.4 Å². The van der Waals surface area contributed by atoms with Crippen molar-refractivity contribution in [3.63, 3.8) is 0 Å². The van der Waals surface area contributed by atoms with E-state index in [0.717, 1.165) is 11.3 Å². The number of halogens is 1. The third-order valence-corrected chi connectivity index (χ3v) is 4.16. The van der Waals surface area contributed by atoms with Crippen molar-refractivity contribution in [2.24, 2.45) is 12.2 Å². The van der Waals surface area contributed by atoms with Gasteiger partial charge < -0.3 is 19.0 Å². The Labute approximate surface area is 162 Å². The number of esters is 1. The van der Waals surface area contributed by atoms with Crippen molar-refractivity contribution in [1.29, 1.82) is 0 Å². The van der Waals surface area contributed by atoms with Gasteiger partial charge in [0.1, 0.15) is 18.6 Å². The van der Waals surface area contributed by atoms with Gasteiger partial charge in [-0.25, -0.2) is 9.48 Å². The minimum atomic E-state index is -0.834. The number of carbonyl (C=O) groups excluding carboxylic acids is 1. The predicted molar refractivity (Wildman–Crippen MR) is 101 cm³/mol. The summed E-state index contributed by atoms with van der Waals surface area (Å²) in [6.45, 7) is 5.37. The maximum atomic E-state index is 11.6. The van der Waals surface area contributed by atoms with Crippen LogP contribution in [0.5, 0.6) is 17.4 Å². The number of rotatable bonds is 7. The molecule has 0 N–H and O–H groups in total. The molecule has 27 heavy (non-hydrogen) atoms. The Balaban J connectivity index is 2.46. The molecule has 0 bridgehead atoms. The van der Waals surface area contributed by atoms with Gasteiger partial charge >= 0.3 is 5.97 Å². The lowest BCUT2D eigenvalue weighted by molar-refractivity contribution is -0.147. The summed E-state index contributed by atoms with van der Waals surface area (Å²) >= 11 is 6.29. The Bertz CT molecular complexity index is 863. The summed E-state index contributed by atoms with van der Waals surface area (Å²) in [6.07, 6.45) is 0.632. The van der Waals surface area contributed by atoms with Crippen LogP contribution < -0.4 is 9.47 Å². The van der Waals surface area contributed by atoms with Crippen LogP contribution in [-0.4, -0.2) is 42.3 Å². The number of benzene rings is 1. The van der Waals surface area contributed by atoms with E-state index in [1.807, 2.05) is 13.8 Å². The van der Waals surface area contributed by atoms with Crippen LogP contribution in [0.25, 0.3) is 0 Å². The van der Waals surface area contributed by atoms with Crippen molar-refractivity contribution in [2.75, 3.05) is 14.2 Å². The third kappa shape index (κ3) is 4.71. The van der Waals surface area contributed by atoms with Crippen LogP contribution in [0.2, 0.25) is 5.02 Å². The van der Waals surface area contributed by atoms with Gasteiger partial charge in [-0.05, 0) is 26.8 Å². The molecule has 0 aliphatic rings. The van der Waals surface area contributed by atoms with Crippen LogP contribution in [-0.2, 0) is 21.4 Å². The topological polar surface area (TPSA) is 84.2 Å². The summed E-state index contributed by atoms with van der Waals surface area (Å²) < 4.78 is 18.0. The highest BCUT2D eigenvalue weighted by atomic mass is 35.5. The highest BCUT2D eigenvalue weighted by molar-refractivity contribution is 6.32. The number of nitrogens with zero attached hydrogens (tertiary/aromatic N) is 3. The standard InChI is InChI=1S/C18H22ClN3O5/c1-10-11(2)21-22(4)17(10)27-15-8-16(26-12(3)18(23)24-5)14(19)7-13(15)9-20-25-6/h7-9,12H,1-6H3/b20-9+/t12-/m0/s1. The number of aromatic nitrogens is 2. The number of ether oxygens (including phenoxy) is 3. The van der Waals surface area contributed by atoms with E-state index < -0.39 is 12.1 Å². The van der Waals surface area contributed by atoms with Crippen LogP contribution >= 0.6 is 11.6 Å². The van der Waals surface area contributed by atoms with E-state index in [1.165, 1.54) is 20.4 Å². The summed E-state index contributed by atoms with van der Waals surface area (Å²) in [7, 11) is 4.50. The lowest BCUT2D eigenvalue weighted by Gasteiger charge is -2.16. The minimum Gasteiger partial charge on any atom is -0.477 e. The SMILES string of the molecule is CO/N=C/c1cc(Cl)c(O[C@@H](C)C(=O)OC)cc1Oc1c(C)c(C)nn1C. The zero-order chi connectivity index (χ0) is 20.1. The van der Waals surface area contributed by atoms with Crippen LogP contribution in [0.1, 0.15) is 23.7 Å². The second kappa shape index (κ2) is 8.77. The van der Waals surface area contributed by atoms with Crippen LogP contribution in [0.3, 0.4) is 0 Å². The first-order chi connectivity index (χ1) is 12.8. The zero-order valence-corrected chi connectivity index (χ0v) is 16.8. The average molecular weight is 396 g/mol. The van der Waals surface area contributed by atoms with Crippen LogP contribution in [0.4, 0.5) is 0 Å². The summed E-state index contributed by atoms with van der Waals surface area (Å²) in [5.41, 5.74) is 2.31. The van der Waals surface area contributed by atoms with Gasteiger partial charge in [-0.15, -0.1) is 0 Å². The van der Waals surface area contributed by atoms with Gasteiger partial charge in [0.2, 0.25) is 5.88 Å². The van der Waals surface area contributed by atoms with E-state index in [4.69, 9.17) is 25.9 Å². The van der Waals surface area contributed by atoms with E-state index in [-0.39, 0.29) is 10.8 Å². The molecule has 1 aromatic heterocycles. The maximum absolute atomic E-state index is 11.6. The second-order valence-corrected chi connectivity index (χ2v) is 6.17. The fourth-order valence-corrected chi connectivity index (χ4v) is 2.55. The monoisotopic (exact) mass is 395 g/mol. The first-order valence-corrected chi connectivity index (χ1v) is 8.48. The predicted octanol–water partition coefficient (Wildman–Crippen LogP) is 3.40. The highest BCUT2D eigenvalue weighted by Gasteiger charge is 2.20. The van der Waals surface area contributed by atoms with Crippen LogP contribution in [0.15, 0.2) is 17.3 Å². The van der Waals surface area contributed by atoms with Crippen molar-refractivity contribution < 1.29 is 23.8 Å². The summed E-state index contributed by atoms with van der Waals surface area (Å²) in [5.74, 6) is 0.736. The van der Waals surface area contributed by atoms with Gasteiger partial charge in [0.25, 0.3) is 0 Å². The molecule has 0 aliphatic heterocycles.